The molecule has 1 aromatic carbocycles. The summed E-state index contributed by atoms with van der Waals surface area (Å²) in [6.45, 7) is 0.0246. The summed E-state index contributed by atoms with van der Waals surface area (Å²) in [6, 6.07) is 6.23. The Morgan fingerprint density at radius 1 is 1.33 bits per heavy atom. The number of aromatic nitrogens is 1. The number of aromatic carboxylic acids is 1. The van der Waals surface area contributed by atoms with Gasteiger partial charge >= 0.3 is 5.97 Å². The highest BCUT2D eigenvalue weighted by molar-refractivity contribution is 6.31. The van der Waals surface area contributed by atoms with Gasteiger partial charge in [-0.1, -0.05) is 11.6 Å². The number of nitro benzene ring substituents is 1. The van der Waals surface area contributed by atoms with Crippen molar-refractivity contribution >= 4 is 23.3 Å². The van der Waals surface area contributed by atoms with Crippen LogP contribution in [0.15, 0.2) is 41.3 Å². The molecule has 8 heteroatoms. The molecule has 1 heterocycles. The first-order valence-electron chi connectivity index (χ1n) is 5.75. The van der Waals surface area contributed by atoms with E-state index < -0.39 is 16.5 Å². The molecule has 0 aliphatic carbocycles. The molecule has 0 fully saturated rings. The van der Waals surface area contributed by atoms with Crippen molar-refractivity contribution in [3.63, 3.8) is 0 Å². The van der Waals surface area contributed by atoms with Gasteiger partial charge in [0.15, 0.2) is 0 Å². The number of halogens is 1. The first kappa shape index (κ1) is 14.7. The van der Waals surface area contributed by atoms with Gasteiger partial charge in [0.25, 0.3) is 11.2 Å². The zero-order valence-corrected chi connectivity index (χ0v) is 11.3. The molecular weight excluding hydrogens is 300 g/mol. The minimum Gasteiger partial charge on any atom is -0.478 e. The van der Waals surface area contributed by atoms with Crippen LogP contribution in [0.2, 0.25) is 5.02 Å². The van der Waals surface area contributed by atoms with Crippen molar-refractivity contribution in [1.29, 1.82) is 0 Å². The van der Waals surface area contributed by atoms with Gasteiger partial charge in [-0.25, -0.2) is 4.79 Å². The van der Waals surface area contributed by atoms with Crippen LogP contribution in [0.4, 0.5) is 5.69 Å². The predicted molar refractivity (Wildman–Crippen MR) is 74.9 cm³/mol. The third kappa shape index (κ3) is 3.26. The Morgan fingerprint density at radius 2 is 2.05 bits per heavy atom. The molecule has 21 heavy (non-hydrogen) atoms. The largest absolute Gasteiger partial charge is 0.478 e. The van der Waals surface area contributed by atoms with E-state index >= 15 is 0 Å². The highest BCUT2D eigenvalue weighted by Gasteiger charge is 2.11. The van der Waals surface area contributed by atoms with Crippen molar-refractivity contribution in [2.24, 2.45) is 0 Å². The number of benzene rings is 1. The summed E-state index contributed by atoms with van der Waals surface area (Å²) in [5.41, 5.74) is -0.107. The zero-order chi connectivity index (χ0) is 15.6. The molecule has 1 aromatic heterocycles. The van der Waals surface area contributed by atoms with Gasteiger partial charge in [0, 0.05) is 24.4 Å². The van der Waals surface area contributed by atoms with E-state index in [0.29, 0.717) is 5.56 Å². The third-order valence-electron chi connectivity index (χ3n) is 2.82. The SMILES string of the molecule is O=C(O)c1ccc(=O)n(Cc2ccc([N+](=O)[O-])cc2Cl)c1. The van der Waals surface area contributed by atoms with E-state index in [1.165, 1.54) is 35.0 Å². The Bertz CT molecular complexity index is 784. The van der Waals surface area contributed by atoms with E-state index in [-0.39, 0.29) is 22.8 Å². The van der Waals surface area contributed by atoms with Crippen molar-refractivity contribution in [3.05, 3.63) is 73.1 Å². The van der Waals surface area contributed by atoms with Crippen LogP contribution in [0.1, 0.15) is 15.9 Å². The fourth-order valence-corrected chi connectivity index (χ4v) is 1.98. The van der Waals surface area contributed by atoms with Gasteiger partial charge in [-0.3, -0.25) is 14.9 Å². The van der Waals surface area contributed by atoms with Crippen molar-refractivity contribution in [2.75, 3.05) is 0 Å². The lowest BCUT2D eigenvalue weighted by Gasteiger charge is -2.08. The quantitative estimate of drug-likeness (QED) is 0.688. The molecule has 0 aliphatic rings. The van der Waals surface area contributed by atoms with E-state index in [9.17, 15) is 19.7 Å². The maximum Gasteiger partial charge on any atom is 0.337 e. The number of carboxylic acids is 1. The number of carbonyl (C=O) groups is 1. The minimum atomic E-state index is -1.15. The number of pyridine rings is 1. The van der Waals surface area contributed by atoms with Gasteiger partial charge < -0.3 is 9.67 Å². The summed E-state index contributed by atoms with van der Waals surface area (Å²) >= 11 is 5.94. The Hall–Kier alpha value is -2.67. The monoisotopic (exact) mass is 308 g/mol. The minimum absolute atomic E-state index is 0.0246. The second kappa shape index (κ2) is 5.76. The van der Waals surface area contributed by atoms with E-state index in [4.69, 9.17) is 16.7 Å². The number of nitro groups is 1. The lowest BCUT2D eigenvalue weighted by Crippen LogP contribution is -2.20. The van der Waals surface area contributed by atoms with Crippen LogP contribution < -0.4 is 5.56 Å². The normalized spacial score (nSPS) is 10.3. The van der Waals surface area contributed by atoms with Gasteiger partial charge in [0.2, 0.25) is 0 Å². The molecule has 0 saturated carbocycles. The fourth-order valence-electron chi connectivity index (χ4n) is 1.74. The van der Waals surface area contributed by atoms with E-state index in [1.807, 2.05) is 0 Å². The first-order valence-corrected chi connectivity index (χ1v) is 6.13. The van der Waals surface area contributed by atoms with Crippen LogP contribution in [-0.2, 0) is 6.54 Å². The Labute approximate surface area is 123 Å². The molecule has 108 valence electrons. The molecule has 0 radical (unpaired) electrons. The summed E-state index contributed by atoms with van der Waals surface area (Å²) in [5, 5.41) is 19.7. The third-order valence-corrected chi connectivity index (χ3v) is 3.17. The number of carboxylic acid groups (broad SMARTS) is 1. The van der Waals surface area contributed by atoms with Gasteiger partial charge in [-0.15, -0.1) is 0 Å². The maximum atomic E-state index is 11.7. The number of hydrogen-bond donors (Lipinski definition) is 1. The molecule has 0 saturated heterocycles. The molecule has 2 rings (SSSR count). The molecule has 0 unspecified atom stereocenters. The summed E-state index contributed by atoms with van der Waals surface area (Å²) in [5.74, 6) is -1.15. The number of rotatable bonds is 4. The molecule has 0 aliphatic heterocycles. The summed E-state index contributed by atoms with van der Waals surface area (Å²) < 4.78 is 1.18. The smallest absolute Gasteiger partial charge is 0.337 e. The lowest BCUT2D eigenvalue weighted by atomic mass is 10.2. The average Bonchev–Trinajstić information content (AvgIpc) is 2.42. The van der Waals surface area contributed by atoms with Crippen LogP contribution in [-0.4, -0.2) is 20.6 Å². The summed E-state index contributed by atoms with van der Waals surface area (Å²) in [7, 11) is 0. The maximum absolute atomic E-state index is 11.7. The molecule has 1 N–H and O–H groups in total. The van der Waals surface area contributed by atoms with Gasteiger partial charge in [-0.05, 0) is 17.7 Å². The molecule has 0 spiro atoms. The Kier molecular flexibility index (Phi) is 4.04. The van der Waals surface area contributed by atoms with Crippen molar-refractivity contribution in [1.82, 2.24) is 4.57 Å². The molecule has 2 aromatic rings. The Morgan fingerprint density at radius 3 is 2.62 bits per heavy atom. The molecular formula is C13H9ClN2O5. The van der Waals surface area contributed by atoms with Crippen molar-refractivity contribution in [2.45, 2.75) is 6.54 Å². The predicted octanol–water partition coefficient (Wildman–Crippen LogP) is 2.16. The Balaban J connectivity index is 2.38. The lowest BCUT2D eigenvalue weighted by molar-refractivity contribution is -0.384. The van der Waals surface area contributed by atoms with Crippen molar-refractivity contribution < 1.29 is 14.8 Å². The second-order valence-electron chi connectivity index (χ2n) is 4.22. The standard InChI is InChI=1S/C13H9ClN2O5/c14-11-5-10(16(20)21)3-1-8(11)6-15-7-9(13(18)19)2-4-12(15)17/h1-5,7H,6H2,(H,18,19). The second-order valence-corrected chi connectivity index (χ2v) is 4.63. The van der Waals surface area contributed by atoms with Crippen LogP contribution >= 0.6 is 11.6 Å². The number of hydrogen-bond acceptors (Lipinski definition) is 4. The van der Waals surface area contributed by atoms with Gasteiger partial charge in [-0.2, -0.15) is 0 Å². The molecule has 7 nitrogen and oxygen atoms in total. The van der Waals surface area contributed by atoms with Gasteiger partial charge in [0.05, 0.1) is 22.1 Å². The van der Waals surface area contributed by atoms with Gasteiger partial charge in [0.1, 0.15) is 0 Å². The van der Waals surface area contributed by atoms with Crippen molar-refractivity contribution in [3.8, 4) is 0 Å². The number of non-ortho nitro benzene ring substituents is 1. The van der Waals surface area contributed by atoms with E-state index in [0.717, 1.165) is 6.07 Å². The summed E-state index contributed by atoms with van der Waals surface area (Å²) in [4.78, 5) is 32.6. The number of nitrogens with zero attached hydrogens (tertiary/aromatic N) is 2. The van der Waals surface area contributed by atoms with Crippen LogP contribution in [0.25, 0.3) is 0 Å². The van der Waals surface area contributed by atoms with E-state index in [2.05, 4.69) is 0 Å². The molecule has 0 bridgehead atoms. The average molecular weight is 309 g/mol. The van der Waals surface area contributed by atoms with E-state index in [1.54, 1.807) is 0 Å². The zero-order valence-electron chi connectivity index (χ0n) is 10.5. The fraction of sp³-hybridized carbons (Fsp3) is 0.0769. The topological polar surface area (TPSA) is 102 Å². The van der Waals surface area contributed by atoms with Crippen LogP contribution in [0.5, 0.6) is 0 Å². The molecule has 0 atom stereocenters. The molecule has 0 amide bonds. The first-order chi connectivity index (χ1) is 9.88. The summed E-state index contributed by atoms with van der Waals surface area (Å²) in [6.07, 6.45) is 1.20. The highest BCUT2D eigenvalue weighted by Crippen LogP contribution is 2.22. The highest BCUT2D eigenvalue weighted by atomic mass is 35.5. The van der Waals surface area contributed by atoms with Crippen LogP contribution in [0, 0.1) is 10.1 Å². The van der Waals surface area contributed by atoms with Crippen LogP contribution in [0.3, 0.4) is 0 Å².